The lowest BCUT2D eigenvalue weighted by Crippen LogP contribution is -2.50. The Morgan fingerprint density at radius 1 is 1.14 bits per heavy atom. The Balaban J connectivity index is 1.64. The van der Waals surface area contributed by atoms with Gasteiger partial charge in [-0.05, 0) is 30.3 Å². The van der Waals surface area contributed by atoms with Crippen LogP contribution in [-0.2, 0) is 26.6 Å². The van der Waals surface area contributed by atoms with Gasteiger partial charge in [0.1, 0.15) is 5.82 Å². The first kappa shape index (κ1) is 25.3. The Hall–Kier alpha value is -2.75. The van der Waals surface area contributed by atoms with Gasteiger partial charge in [-0.1, -0.05) is 11.6 Å². The molecule has 0 radical (unpaired) electrons. The molecule has 3 aromatic rings. The number of pyridine rings is 1. The van der Waals surface area contributed by atoms with E-state index in [9.17, 15) is 30.0 Å². The molecule has 0 aliphatic carbocycles. The fourth-order valence-corrected chi connectivity index (χ4v) is 6.45. The second kappa shape index (κ2) is 9.72. The first-order valence-corrected chi connectivity index (χ1v) is 13.6. The Kier molecular flexibility index (Phi) is 7.04. The fourth-order valence-electron chi connectivity index (χ4n) is 3.24. The van der Waals surface area contributed by atoms with Gasteiger partial charge < -0.3 is 4.42 Å². The maximum absolute atomic E-state index is 13.7. The number of hydrogen-bond acceptors (Lipinski definition) is 8. The average molecular weight is 552 g/mol. The van der Waals surface area contributed by atoms with Crippen molar-refractivity contribution >= 4 is 37.3 Å². The molecule has 16 heteroatoms. The van der Waals surface area contributed by atoms with Crippen molar-refractivity contribution in [2.75, 3.05) is 28.9 Å². The largest absolute Gasteiger partial charge is 0.415 e. The van der Waals surface area contributed by atoms with Gasteiger partial charge in [-0.25, -0.2) is 12.8 Å². The van der Waals surface area contributed by atoms with Crippen molar-refractivity contribution in [2.24, 2.45) is 0 Å². The van der Waals surface area contributed by atoms with Gasteiger partial charge in [0.15, 0.2) is 9.84 Å². The molecule has 0 amide bonds. The van der Waals surface area contributed by atoms with E-state index in [0.717, 1.165) is 20.7 Å². The molecule has 0 N–H and O–H groups in total. The van der Waals surface area contributed by atoms with Crippen LogP contribution in [0.15, 0.2) is 40.9 Å². The highest BCUT2D eigenvalue weighted by molar-refractivity contribution is 7.92. The highest BCUT2D eigenvalue weighted by Gasteiger charge is 2.35. The minimum Gasteiger partial charge on any atom is -0.415 e. The monoisotopic (exact) mass is 551 g/mol. The lowest BCUT2D eigenvalue weighted by atomic mass is 10.2. The van der Waals surface area contributed by atoms with E-state index in [4.69, 9.17) is 16.0 Å². The van der Waals surface area contributed by atoms with Crippen LogP contribution in [0.1, 0.15) is 18.0 Å². The summed E-state index contributed by atoms with van der Waals surface area (Å²) in [4.78, 5) is 4.15. The molecule has 1 saturated heterocycles. The topological polar surface area (TPSA) is 127 Å². The number of sulfone groups is 1. The van der Waals surface area contributed by atoms with Crippen molar-refractivity contribution in [1.82, 2.24) is 19.5 Å². The molecule has 1 aromatic carbocycles. The molecule has 3 heterocycles. The SMILES string of the molecule is O=S1(=O)CCN(S(=O)(=O)N(Cc2ccc(-c3nnc(C(F)F)o3)cn2)c2ccc(F)c(Cl)c2)CC1. The summed E-state index contributed by atoms with van der Waals surface area (Å²) in [6.07, 6.45) is -1.69. The van der Waals surface area contributed by atoms with Crippen LogP contribution in [0.3, 0.4) is 0 Å². The summed E-state index contributed by atoms with van der Waals surface area (Å²) in [7, 11) is -7.61. The normalized spacial score (nSPS) is 16.5. The van der Waals surface area contributed by atoms with Gasteiger partial charge in [-0.2, -0.15) is 21.5 Å². The second-order valence-electron chi connectivity index (χ2n) is 7.45. The minimum absolute atomic E-state index is 0.0363. The molecule has 1 fully saturated rings. The molecule has 1 aliphatic rings. The minimum atomic E-state index is -4.27. The second-order valence-corrected chi connectivity index (χ2v) is 12.0. The molecule has 188 valence electrons. The Morgan fingerprint density at radius 2 is 1.86 bits per heavy atom. The maximum atomic E-state index is 13.7. The summed E-state index contributed by atoms with van der Waals surface area (Å²) in [6.45, 7) is -0.807. The van der Waals surface area contributed by atoms with E-state index in [2.05, 4.69) is 15.2 Å². The zero-order valence-electron chi connectivity index (χ0n) is 17.7. The third-order valence-corrected chi connectivity index (χ3v) is 8.92. The number of hydrogen-bond donors (Lipinski definition) is 0. The molecule has 4 rings (SSSR count). The van der Waals surface area contributed by atoms with Crippen LogP contribution in [0.5, 0.6) is 0 Å². The molecule has 0 atom stereocenters. The molecule has 0 unspecified atom stereocenters. The molecule has 2 aromatic heterocycles. The molecule has 0 saturated carbocycles. The smallest absolute Gasteiger partial charge is 0.314 e. The summed E-state index contributed by atoms with van der Waals surface area (Å²) in [5.41, 5.74) is 0.499. The van der Waals surface area contributed by atoms with E-state index in [1.807, 2.05) is 0 Å². The van der Waals surface area contributed by atoms with Crippen molar-refractivity contribution in [3.8, 4) is 11.5 Å². The van der Waals surface area contributed by atoms with Gasteiger partial charge in [-0.3, -0.25) is 9.29 Å². The van der Waals surface area contributed by atoms with E-state index in [1.54, 1.807) is 0 Å². The molecule has 0 bridgehead atoms. The number of aromatic nitrogens is 3. The average Bonchev–Trinajstić information content (AvgIpc) is 3.30. The van der Waals surface area contributed by atoms with Crippen LogP contribution in [0, 0.1) is 5.82 Å². The summed E-state index contributed by atoms with van der Waals surface area (Å²) in [5.74, 6) is -2.45. The van der Waals surface area contributed by atoms with E-state index in [-0.39, 0.29) is 59.0 Å². The van der Waals surface area contributed by atoms with E-state index in [0.29, 0.717) is 0 Å². The van der Waals surface area contributed by atoms with Crippen LogP contribution in [0.2, 0.25) is 5.02 Å². The van der Waals surface area contributed by atoms with E-state index < -0.39 is 38.2 Å². The predicted octanol–water partition coefficient (Wildman–Crippen LogP) is 2.84. The number of anilines is 1. The Morgan fingerprint density at radius 3 is 2.43 bits per heavy atom. The zero-order chi connectivity index (χ0) is 25.4. The van der Waals surface area contributed by atoms with Gasteiger partial charge in [0.25, 0.3) is 5.89 Å². The van der Waals surface area contributed by atoms with Crippen LogP contribution in [-0.4, -0.2) is 60.9 Å². The molecular weight excluding hydrogens is 535 g/mol. The van der Waals surface area contributed by atoms with Crippen molar-refractivity contribution < 1.29 is 34.4 Å². The Labute approximate surface area is 203 Å². The predicted molar refractivity (Wildman–Crippen MR) is 119 cm³/mol. The van der Waals surface area contributed by atoms with E-state index in [1.165, 1.54) is 24.4 Å². The molecule has 0 spiro atoms. The zero-order valence-corrected chi connectivity index (χ0v) is 20.1. The summed E-state index contributed by atoms with van der Waals surface area (Å²) in [5, 5.41) is 6.46. The van der Waals surface area contributed by atoms with Gasteiger partial charge in [0.2, 0.25) is 5.89 Å². The summed E-state index contributed by atoms with van der Waals surface area (Å²) >= 11 is 5.87. The van der Waals surface area contributed by atoms with E-state index >= 15 is 0 Å². The van der Waals surface area contributed by atoms with Crippen molar-refractivity contribution in [2.45, 2.75) is 13.0 Å². The van der Waals surface area contributed by atoms with Crippen LogP contribution < -0.4 is 4.31 Å². The molecule has 10 nitrogen and oxygen atoms in total. The van der Waals surface area contributed by atoms with Gasteiger partial charge in [0, 0.05) is 19.3 Å². The molecule has 1 aliphatic heterocycles. The van der Waals surface area contributed by atoms with Crippen molar-refractivity contribution in [1.29, 1.82) is 0 Å². The highest BCUT2D eigenvalue weighted by Crippen LogP contribution is 2.29. The van der Waals surface area contributed by atoms with Crippen LogP contribution >= 0.6 is 11.6 Å². The Bertz CT molecular complexity index is 1420. The number of alkyl halides is 2. The number of rotatable bonds is 7. The number of nitrogens with zero attached hydrogens (tertiary/aromatic N) is 5. The van der Waals surface area contributed by atoms with Gasteiger partial charge in [-0.15, -0.1) is 10.2 Å². The van der Waals surface area contributed by atoms with Crippen molar-refractivity contribution in [3.63, 3.8) is 0 Å². The highest BCUT2D eigenvalue weighted by atomic mass is 35.5. The first-order chi connectivity index (χ1) is 16.5. The fraction of sp³-hybridized carbons (Fsp3) is 0.316. The number of benzene rings is 1. The van der Waals surface area contributed by atoms with Crippen LogP contribution in [0.4, 0.5) is 18.9 Å². The third kappa shape index (κ3) is 5.58. The first-order valence-electron chi connectivity index (χ1n) is 9.96. The van der Waals surface area contributed by atoms with Gasteiger partial charge in [0.05, 0.1) is 40.0 Å². The molecular formula is C19H17ClF3N5O5S2. The standard InChI is InChI=1S/C19H17ClF3N5O5S2/c20-15-9-14(3-4-16(15)21)28(35(31,32)27-5-7-34(29,30)8-6-27)11-13-2-1-12(10-24-13)18-25-26-19(33-18)17(22)23/h1-4,9-10,17H,5-8,11H2. The number of halogens is 4. The van der Waals surface area contributed by atoms with Crippen molar-refractivity contribution in [3.05, 3.63) is 59.0 Å². The maximum Gasteiger partial charge on any atom is 0.314 e. The third-order valence-electron chi connectivity index (χ3n) is 5.10. The lowest BCUT2D eigenvalue weighted by Gasteiger charge is -2.33. The quantitative estimate of drug-likeness (QED) is 0.439. The summed E-state index contributed by atoms with van der Waals surface area (Å²) < 4.78 is 96.3. The van der Waals surface area contributed by atoms with Gasteiger partial charge >= 0.3 is 16.6 Å². The lowest BCUT2D eigenvalue weighted by molar-refractivity contribution is 0.116. The molecule has 35 heavy (non-hydrogen) atoms. The summed E-state index contributed by atoms with van der Waals surface area (Å²) in [6, 6.07) is 6.22. The van der Waals surface area contributed by atoms with Crippen LogP contribution in [0.25, 0.3) is 11.5 Å².